The predicted octanol–water partition coefficient (Wildman–Crippen LogP) is 2.19. The summed E-state index contributed by atoms with van der Waals surface area (Å²) in [6.07, 6.45) is 11.4. The fraction of sp³-hybridized carbons (Fsp3) is 0.857. The third-order valence-electron chi connectivity index (χ3n) is 2.94. The van der Waals surface area contributed by atoms with E-state index in [0.29, 0.717) is 6.42 Å². The molecule has 0 heterocycles. The molecule has 0 aromatic heterocycles. The topological polar surface area (TPSA) is 66.4 Å². The Morgan fingerprint density at radius 1 is 0.895 bits per heavy atom. The molecule has 4 nitrogen and oxygen atoms in total. The second-order valence-corrected chi connectivity index (χ2v) is 4.75. The molecule has 0 atom stereocenters. The molecule has 0 aromatic rings. The number of rotatable bonds is 12. The van der Waals surface area contributed by atoms with Gasteiger partial charge in [-0.15, -0.1) is 0 Å². The second-order valence-electron chi connectivity index (χ2n) is 4.75. The summed E-state index contributed by atoms with van der Waals surface area (Å²) in [5.74, 6) is -1.14. The fourth-order valence-electron chi connectivity index (χ4n) is 1.86. The van der Waals surface area contributed by atoms with Crippen molar-refractivity contribution in [2.45, 2.75) is 71.1 Å². The van der Waals surface area contributed by atoms with E-state index in [9.17, 15) is 9.59 Å². The van der Waals surface area contributed by atoms with Crippen LogP contribution in [-0.2, 0) is 9.59 Å². The van der Waals surface area contributed by atoms with Gasteiger partial charge in [0.15, 0.2) is 0 Å². The van der Waals surface area contributed by atoms with Gasteiger partial charge in [-0.05, 0) is 6.42 Å². The van der Waals surface area contributed by atoms with Crippen molar-refractivity contribution in [3.63, 3.8) is 0 Å². The Bertz CT molecular complexity index is 235. The minimum absolute atomic E-state index is 0. The number of unbranched alkanes of at least 4 members (excludes halogenated alkanes) is 8. The van der Waals surface area contributed by atoms with Crippen molar-refractivity contribution >= 4 is 49.6 Å². The number of carboxylic acid groups (broad SMARTS) is 1. The third-order valence-corrected chi connectivity index (χ3v) is 2.94. The normalized spacial score (nSPS) is 9.74. The molecule has 0 fully saturated rings. The molecule has 0 aromatic carbocycles. The molecular formula is C14H29CaNO3. The molecule has 0 saturated carbocycles. The monoisotopic (exact) mass is 299 g/mol. The van der Waals surface area contributed by atoms with Crippen LogP contribution in [0.5, 0.6) is 0 Å². The fourth-order valence-corrected chi connectivity index (χ4v) is 1.86. The Balaban J connectivity index is 0. The van der Waals surface area contributed by atoms with Crippen LogP contribution in [0.1, 0.15) is 71.1 Å². The Hall–Kier alpha value is 0.200. The van der Waals surface area contributed by atoms with E-state index in [1.807, 2.05) is 0 Å². The summed E-state index contributed by atoms with van der Waals surface area (Å²) in [6, 6.07) is 0. The molecule has 0 aliphatic rings. The van der Waals surface area contributed by atoms with Crippen molar-refractivity contribution in [1.82, 2.24) is 5.32 Å². The average Bonchev–Trinajstić information content (AvgIpc) is 2.34. The molecule has 0 saturated heterocycles. The summed E-state index contributed by atoms with van der Waals surface area (Å²) in [6.45, 7) is 1.95. The van der Waals surface area contributed by atoms with Crippen molar-refractivity contribution in [3.05, 3.63) is 0 Å². The van der Waals surface area contributed by atoms with E-state index in [-0.39, 0.29) is 50.2 Å². The van der Waals surface area contributed by atoms with Crippen LogP contribution in [0.4, 0.5) is 0 Å². The molecule has 0 unspecified atom stereocenters. The molecule has 0 spiro atoms. The number of nitrogens with one attached hydrogen (secondary N) is 1. The van der Waals surface area contributed by atoms with Gasteiger partial charge in [-0.25, -0.2) is 0 Å². The number of carbonyl (C=O) groups excluding carboxylic acids is 1. The van der Waals surface area contributed by atoms with Gasteiger partial charge in [-0.3, -0.25) is 9.59 Å². The van der Waals surface area contributed by atoms with Crippen molar-refractivity contribution in [2.24, 2.45) is 0 Å². The van der Waals surface area contributed by atoms with Crippen LogP contribution in [0.2, 0.25) is 0 Å². The molecular weight excluding hydrogens is 270 g/mol. The van der Waals surface area contributed by atoms with Gasteiger partial charge < -0.3 is 10.4 Å². The van der Waals surface area contributed by atoms with Crippen LogP contribution in [0.25, 0.3) is 0 Å². The SMILES string of the molecule is CCCCCCCCCCCC(=O)NCC(=O)O.[CaH2]. The van der Waals surface area contributed by atoms with Crippen LogP contribution in [-0.4, -0.2) is 61.3 Å². The van der Waals surface area contributed by atoms with Gasteiger partial charge >= 0.3 is 43.7 Å². The zero-order valence-corrected chi connectivity index (χ0v) is 11.5. The summed E-state index contributed by atoms with van der Waals surface area (Å²) in [7, 11) is 0. The van der Waals surface area contributed by atoms with E-state index in [0.717, 1.165) is 12.8 Å². The summed E-state index contributed by atoms with van der Waals surface area (Å²) >= 11 is 0. The van der Waals surface area contributed by atoms with Gasteiger partial charge in [-0.2, -0.15) is 0 Å². The van der Waals surface area contributed by atoms with Gasteiger partial charge in [0.25, 0.3) is 0 Å². The van der Waals surface area contributed by atoms with Crippen molar-refractivity contribution in [1.29, 1.82) is 0 Å². The Labute approximate surface area is 146 Å². The summed E-state index contributed by atoms with van der Waals surface area (Å²) in [5, 5.41) is 10.7. The first-order chi connectivity index (χ1) is 8.66. The first-order valence-electron chi connectivity index (χ1n) is 7.15. The van der Waals surface area contributed by atoms with Crippen molar-refractivity contribution < 1.29 is 14.7 Å². The van der Waals surface area contributed by atoms with Gasteiger partial charge in [0.05, 0.1) is 0 Å². The molecule has 5 heteroatoms. The Morgan fingerprint density at radius 3 is 1.84 bits per heavy atom. The molecule has 0 aliphatic carbocycles. The maximum absolute atomic E-state index is 11.2. The molecule has 1 amide bonds. The van der Waals surface area contributed by atoms with Crippen LogP contribution < -0.4 is 5.32 Å². The maximum atomic E-state index is 11.2. The zero-order valence-electron chi connectivity index (χ0n) is 11.5. The van der Waals surface area contributed by atoms with Crippen molar-refractivity contribution in [2.75, 3.05) is 6.54 Å². The number of hydrogen-bond donors (Lipinski definition) is 2. The quantitative estimate of drug-likeness (QED) is 0.429. The van der Waals surface area contributed by atoms with Crippen LogP contribution in [0, 0.1) is 0 Å². The molecule has 0 bridgehead atoms. The molecule has 0 aliphatic heterocycles. The van der Waals surface area contributed by atoms with Crippen LogP contribution >= 0.6 is 0 Å². The van der Waals surface area contributed by atoms with Gasteiger partial charge in [0.2, 0.25) is 5.91 Å². The minimum atomic E-state index is -0.990. The van der Waals surface area contributed by atoms with E-state index in [2.05, 4.69) is 12.2 Å². The summed E-state index contributed by atoms with van der Waals surface area (Å²) in [5.41, 5.74) is 0. The number of aliphatic carboxylic acids is 1. The Morgan fingerprint density at radius 2 is 1.37 bits per heavy atom. The standard InChI is InChI=1S/C14H27NO3.Ca.2H/c1-2-3-4-5-6-7-8-9-10-11-13(16)15-12-14(17)18;;;/h2-12H2,1H3,(H,15,16)(H,17,18);;;. The predicted molar refractivity (Wildman–Crippen MR) is 81.0 cm³/mol. The number of hydrogen-bond acceptors (Lipinski definition) is 2. The summed E-state index contributed by atoms with van der Waals surface area (Å²) in [4.78, 5) is 21.4. The van der Waals surface area contributed by atoms with Crippen molar-refractivity contribution in [3.8, 4) is 0 Å². The molecule has 2 N–H and O–H groups in total. The van der Waals surface area contributed by atoms with E-state index in [1.165, 1.54) is 44.9 Å². The van der Waals surface area contributed by atoms with E-state index >= 15 is 0 Å². The van der Waals surface area contributed by atoms with E-state index in [1.54, 1.807) is 0 Å². The van der Waals surface area contributed by atoms with Gasteiger partial charge in [0.1, 0.15) is 6.54 Å². The van der Waals surface area contributed by atoms with Crippen LogP contribution in [0.3, 0.4) is 0 Å². The molecule has 19 heavy (non-hydrogen) atoms. The number of carboxylic acids is 1. The second kappa shape index (κ2) is 16.3. The Kier molecular flexibility index (Phi) is 18.4. The molecule has 0 radical (unpaired) electrons. The average molecular weight is 299 g/mol. The summed E-state index contributed by atoms with van der Waals surface area (Å²) < 4.78 is 0. The van der Waals surface area contributed by atoms with E-state index < -0.39 is 5.97 Å². The van der Waals surface area contributed by atoms with E-state index in [4.69, 9.17) is 5.11 Å². The number of carbonyl (C=O) groups is 2. The first kappa shape index (κ1) is 21.5. The van der Waals surface area contributed by atoms with Gasteiger partial charge in [0, 0.05) is 6.42 Å². The zero-order chi connectivity index (χ0) is 13.6. The molecule has 0 rings (SSSR count). The molecule has 110 valence electrons. The number of amides is 1. The first-order valence-corrected chi connectivity index (χ1v) is 7.15. The third kappa shape index (κ3) is 18.2. The van der Waals surface area contributed by atoms with Gasteiger partial charge in [-0.1, -0.05) is 58.3 Å². The van der Waals surface area contributed by atoms with Crippen LogP contribution in [0.15, 0.2) is 0 Å².